The summed E-state index contributed by atoms with van der Waals surface area (Å²) in [4.78, 5) is 0. The van der Waals surface area contributed by atoms with Crippen LogP contribution in [0.3, 0.4) is 0 Å². The van der Waals surface area contributed by atoms with Gasteiger partial charge in [0.2, 0.25) is 11.4 Å². The van der Waals surface area contributed by atoms with E-state index < -0.39 is 8.07 Å². The maximum atomic E-state index is 3.49. The molecule has 0 N–H and O–H groups in total. The van der Waals surface area contributed by atoms with Gasteiger partial charge in [-0.05, 0) is 19.8 Å². The summed E-state index contributed by atoms with van der Waals surface area (Å²) in [5.41, 5.74) is 7.42. The van der Waals surface area contributed by atoms with Crippen molar-refractivity contribution in [2.24, 2.45) is 0 Å². The Hall–Kier alpha value is -1.33. The van der Waals surface area contributed by atoms with E-state index in [1.165, 1.54) is 17.0 Å². The molecule has 1 heterocycles. The highest BCUT2D eigenvalue weighted by Gasteiger charge is 2.43. The van der Waals surface area contributed by atoms with Crippen LogP contribution in [0.5, 0.6) is 0 Å². The summed E-state index contributed by atoms with van der Waals surface area (Å²) < 4.78 is 2.25. The third kappa shape index (κ3) is 2.15. The first-order chi connectivity index (χ1) is 8.23. The Balaban J connectivity index is 2.57. The maximum Gasteiger partial charge on any atom is 0.242 e. The van der Waals surface area contributed by atoms with Crippen molar-refractivity contribution in [1.82, 2.24) is 0 Å². The smallest absolute Gasteiger partial charge is 0.190 e. The molecule has 2 rings (SSSR count). The number of rotatable bonds is 0. The van der Waals surface area contributed by atoms with Crippen LogP contribution in [0.1, 0.15) is 19.4 Å². The number of fused-ring (bicyclic) bond motifs is 1. The molecule has 0 radical (unpaired) electrons. The zero-order valence-corrected chi connectivity index (χ0v) is 13.3. The van der Waals surface area contributed by atoms with Crippen molar-refractivity contribution in [3.63, 3.8) is 0 Å². The molecule has 0 bridgehead atoms. The van der Waals surface area contributed by atoms with Gasteiger partial charge in [0.25, 0.3) is 0 Å². The molecular formula is C16H22NSi+. The summed E-state index contributed by atoms with van der Waals surface area (Å²) >= 11 is 0. The first-order valence-corrected chi connectivity index (χ1v) is 9.97. The van der Waals surface area contributed by atoms with Crippen LogP contribution >= 0.6 is 0 Å². The minimum Gasteiger partial charge on any atom is -0.190 e. The molecule has 0 saturated heterocycles. The van der Waals surface area contributed by atoms with Crippen molar-refractivity contribution in [1.29, 1.82) is 0 Å². The number of benzene rings is 1. The van der Waals surface area contributed by atoms with Crippen LogP contribution in [0.15, 0.2) is 24.3 Å². The lowest BCUT2D eigenvalue weighted by Crippen LogP contribution is -2.28. The van der Waals surface area contributed by atoms with Crippen molar-refractivity contribution in [2.45, 2.75) is 38.9 Å². The fourth-order valence-corrected chi connectivity index (χ4v) is 2.94. The molecule has 2 heteroatoms. The van der Waals surface area contributed by atoms with Gasteiger partial charge >= 0.3 is 0 Å². The molecule has 0 amide bonds. The lowest BCUT2D eigenvalue weighted by molar-refractivity contribution is -0.401. The molecule has 1 aliphatic heterocycles. The quantitative estimate of drug-likeness (QED) is 0.379. The second-order valence-corrected chi connectivity index (χ2v) is 11.3. The lowest BCUT2D eigenvalue weighted by atomic mass is 9.82. The second kappa shape index (κ2) is 4.10. The first-order valence-electron chi connectivity index (χ1n) is 6.47. The van der Waals surface area contributed by atoms with Crippen LogP contribution in [0.4, 0.5) is 5.69 Å². The normalized spacial score (nSPS) is 17.2. The van der Waals surface area contributed by atoms with Gasteiger partial charge in [0.05, 0.1) is 5.41 Å². The lowest BCUT2D eigenvalue weighted by Gasteiger charge is -2.14. The van der Waals surface area contributed by atoms with E-state index in [9.17, 15) is 0 Å². The summed E-state index contributed by atoms with van der Waals surface area (Å²) in [6, 6.07) is 8.61. The van der Waals surface area contributed by atoms with Gasteiger partial charge in [-0.15, -0.1) is 5.54 Å². The number of hydrogen-bond donors (Lipinski definition) is 0. The molecule has 0 unspecified atom stereocenters. The highest BCUT2D eigenvalue weighted by molar-refractivity contribution is 6.84. The molecule has 94 valence electrons. The summed E-state index contributed by atoms with van der Waals surface area (Å²) in [5.74, 6) is 3.46. The van der Waals surface area contributed by atoms with Gasteiger partial charge in [-0.25, -0.2) is 0 Å². The zero-order chi connectivity index (χ0) is 13.6. The highest BCUT2D eigenvalue weighted by Crippen LogP contribution is 2.38. The van der Waals surface area contributed by atoms with Crippen LogP contribution < -0.4 is 0 Å². The Labute approximate surface area is 112 Å². The Bertz CT molecular complexity index is 577. The second-order valence-electron chi connectivity index (χ2n) is 6.55. The fraction of sp³-hybridized carbons (Fsp3) is 0.438. The van der Waals surface area contributed by atoms with Crippen molar-refractivity contribution < 1.29 is 4.58 Å². The van der Waals surface area contributed by atoms with Gasteiger partial charge in [0, 0.05) is 11.6 Å². The van der Waals surface area contributed by atoms with Crippen LogP contribution in [0.25, 0.3) is 0 Å². The van der Waals surface area contributed by atoms with Gasteiger partial charge in [-0.3, -0.25) is 0 Å². The highest BCUT2D eigenvalue weighted by atomic mass is 28.3. The average molecular weight is 256 g/mol. The summed E-state index contributed by atoms with van der Waals surface area (Å²) in [6.07, 6.45) is 0. The molecule has 1 aromatic rings. The Morgan fingerprint density at radius 2 is 1.72 bits per heavy atom. The average Bonchev–Trinajstić information content (AvgIpc) is 2.45. The van der Waals surface area contributed by atoms with E-state index in [1.54, 1.807) is 0 Å². The summed E-state index contributed by atoms with van der Waals surface area (Å²) in [7, 11) is 0.798. The van der Waals surface area contributed by atoms with Crippen LogP contribution in [-0.4, -0.2) is 25.4 Å². The van der Waals surface area contributed by atoms with Crippen molar-refractivity contribution >= 4 is 19.5 Å². The fourth-order valence-electron chi connectivity index (χ4n) is 2.45. The Kier molecular flexibility index (Phi) is 2.99. The molecule has 0 spiro atoms. The van der Waals surface area contributed by atoms with Gasteiger partial charge in [0.1, 0.15) is 15.1 Å². The maximum absolute atomic E-state index is 3.49. The van der Waals surface area contributed by atoms with Crippen LogP contribution in [0.2, 0.25) is 19.6 Å². The minimum atomic E-state index is -1.33. The SMILES string of the molecule is C[N+]1=C(C#C[Si](C)(C)C)C(C)(C)c2ccccc21. The van der Waals surface area contributed by atoms with E-state index in [2.05, 4.69) is 80.8 Å². The molecule has 0 saturated carbocycles. The van der Waals surface area contributed by atoms with Gasteiger partial charge < -0.3 is 0 Å². The molecule has 1 aromatic carbocycles. The number of hydrogen-bond acceptors (Lipinski definition) is 0. The van der Waals surface area contributed by atoms with E-state index >= 15 is 0 Å². The molecule has 0 atom stereocenters. The number of nitrogens with zero attached hydrogens (tertiary/aromatic N) is 1. The van der Waals surface area contributed by atoms with Gasteiger partial charge in [-0.2, -0.15) is 4.58 Å². The summed E-state index contributed by atoms with van der Waals surface area (Å²) in [6.45, 7) is 11.4. The van der Waals surface area contributed by atoms with E-state index in [0.717, 1.165) is 0 Å². The molecular weight excluding hydrogens is 234 g/mol. The zero-order valence-electron chi connectivity index (χ0n) is 12.3. The predicted octanol–water partition coefficient (Wildman–Crippen LogP) is 3.57. The van der Waals surface area contributed by atoms with Gasteiger partial charge in [-0.1, -0.05) is 37.8 Å². The van der Waals surface area contributed by atoms with E-state index in [0.29, 0.717) is 0 Å². The molecule has 0 aliphatic carbocycles. The largest absolute Gasteiger partial charge is 0.242 e. The third-order valence-corrected chi connectivity index (χ3v) is 4.30. The molecule has 0 fully saturated rings. The number of para-hydroxylation sites is 1. The van der Waals surface area contributed by atoms with Crippen LogP contribution in [0, 0.1) is 11.5 Å². The van der Waals surface area contributed by atoms with E-state index in [4.69, 9.17) is 0 Å². The first kappa shape index (κ1) is 13.1. The monoisotopic (exact) mass is 256 g/mol. The van der Waals surface area contributed by atoms with Crippen molar-refractivity contribution in [2.75, 3.05) is 7.05 Å². The van der Waals surface area contributed by atoms with Crippen molar-refractivity contribution in [3.8, 4) is 11.5 Å². The summed E-state index contributed by atoms with van der Waals surface area (Å²) in [5, 5.41) is 0. The topological polar surface area (TPSA) is 3.01 Å². The molecule has 1 nitrogen and oxygen atoms in total. The predicted molar refractivity (Wildman–Crippen MR) is 81.4 cm³/mol. The van der Waals surface area contributed by atoms with E-state index in [1.807, 2.05) is 0 Å². The van der Waals surface area contributed by atoms with Crippen molar-refractivity contribution in [3.05, 3.63) is 29.8 Å². The Morgan fingerprint density at radius 3 is 2.28 bits per heavy atom. The Morgan fingerprint density at radius 1 is 1.11 bits per heavy atom. The molecule has 18 heavy (non-hydrogen) atoms. The molecule has 0 aromatic heterocycles. The van der Waals surface area contributed by atoms with Crippen LogP contribution in [-0.2, 0) is 5.41 Å². The standard InChI is InChI=1S/C16H22NSi/c1-16(2)13-9-7-8-10-14(13)17(3)15(16)11-12-18(4,5)6/h7-10H,1-6H3/q+1. The van der Waals surface area contributed by atoms with Gasteiger partial charge in [0.15, 0.2) is 0 Å². The third-order valence-electron chi connectivity index (χ3n) is 3.42. The molecule has 1 aliphatic rings. The minimum absolute atomic E-state index is 0.0258. The van der Waals surface area contributed by atoms with E-state index in [-0.39, 0.29) is 5.41 Å².